The highest BCUT2D eigenvalue weighted by Gasteiger charge is 2.14. The van der Waals surface area contributed by atoms with Gasteiger partial charge in [-0.1, -0.05) is 34.1 Å². The second-order valence-corrected chi connectivity index (χ2v) is 4.68. The number of rotatable bonds is 4. The van der Waals surface area contributed by atoms with E-state index in [2.05, 4.69) is 33.4 Å². The van der Waals surface area contributed by atoms with Crippen LogP contribution in [0.5, 0.6) is 0 Å². The molecule has 1 radical (unpaired) electrons. The molecule has 0 bridgehead atoms. The van der Waals surface area contributed by atoms with E-state index in [4.69, 9.17) is 0 Å². The van der Waals surface area contributed by atoms with E-state index in [9.17, 15) is 0 Å². The van der Waals surface area contributed by atoms with Gasteiger partial charge in [-0.3, -0.25) is 0 Å². The zero-order valence-electron chi connectivity index (χ0n) is 6.90. The zero-order chi connectivity index (χ0) is 7.33. The number of hydrogen-bond acceptors (Lipinski definition) is 1. The Balaban J connectivity index is 3.43. The topological polar surface area (TPSA) is 0 Å². The van der Waals surface area contributed by atoms with E-state index in [1.54, 1.807) is 0 Å². The van der Waals surface area contributed by atoms with E-state index in [-0.39, 0.29) is 0 Å². The summed E-state index contributed by atoms with van der Waals surface area (Å²) in [7, 11) is 0. The van der Waals surface area contributed by atoms with Crippen LogP contribution in [-0.4, -0.2) is 4.75 Å². The highest BCUT2D eigenvalue weighted by Crippen LogP contribution is 2.30. The fourth-order valence-corrected chi connectivity index (χ4v) is 1.94. The molecule has 0 N–H and O–H groups in total. The van der Waals surface area contributed by atoms with E-state index in [0.29, 0.717) is 4.75 Å². The molecule has 0 unspecified atom stereocenters. The Kier molecular flexibility index (Phi) is 4.37. The lowest BCUT2D eigenvalue weighted by atomic mass is 10.1. The highest BCUT2D eigenvalue weighted by atomic mass is 32.2. The smallest absolute Gasteiger partial charge is 0.0141 e. The van der Waals surface area contributed by atoms with Gasteiger partial charge in [-0.25, -0.2) is 0 Å². The summed E-state index contributed by atoms with van der Waals surface area (Å²) in [6.07, 6.45) is 2.59. The average Bonchev–Trinajstić information content (AvgIpc) is 1.64. The van der Waals surface area contributed by atoms with Gasteiger partial charge in [0.05, 0.1) is 0 Å². The van der Waals surface area contributed by atoms with Crippen molar-refractivity contribution in [1.29, 1.82) is 0 Å². The van der Waals surface area contributed by atoms with Crippen molar-refractivity contribution in [2.24, 2.45) is 0 Å². The maximum absolute atomic E-state index is 2.29. The molecule has 0 aliphatic heterocycles. The Hall–Kier alpha value is 0.350. The first-order chi connectivity index (χ1) is 4.12. The second kappa shape index (κ2) is 4.21. The Labute approximate surface area is 63.4 Å². The molecular weight excluding hydrogens is 128 g/mol. The quantitative estimate of drug-likeness (QED) is 0.583. The van der Waals surface area contributed by atoms with Crippen LogP contribution in [0.3, 0.4) is 0 Å². The molecule has 0 nitrogen and oxygen atoms in total. The van der Waals surface area contributed by atoms with Crippen molar-refractivity contribution in [2.45, 2.75) is 45.3 Å². The van der Waals surface area contributed by atoms with E-state index in [0.717, 1.165) is 0 Å². The first-order valence-corrected chi connectivity index (χ1v) is 4.46. The van der Waals surface area contributed by atoms with Crippen LogP contribution in [-0.2, 0) is 0 Å². The third kappa shape index (κ3) is 4.83. The lowest BCUT2D eigenvalue weighted by molar-refractivity contribution is 0.628. The summed E-state index contributed by atoms with van der Waals surface area (Å²) in [5, 5.41) is 0. The summed E-state index contributed by atoms with van der Waals surface area (Å²) in [5.41, 5.74) is 0. The van der Waals surface area contributed by atoms with Gasteiger partial charge in [0, 0.05) is 10.5 Å². The molecule has 1 heteroatoms. The van der Waals surface area contributed by atoms with E-state index in [1.165, 1.54) is 12.8 Å². The highest BCUT2D eigenvalue weighted by molar-refractivity contribution is 8.02. The summed E-state index contributed by atoms with van der Waals surface area (Å²) in [6.45, 7) is 8.92. The molecule has 0 heterocycles. The lowest BCUT2D eigenvalue weighted by Gasteiger charge is -2.21. The zero-order valence-corrected chi connectivity index (χ0v) is 7.72. The van der Waals surface area contributed by atoms with Gasteiger partial charge in [-0.15, -0.1) is 0 Å². The largest absolute Gasteiger partial charge is 0.151 e. The summed E-state index contributed by atoms with van der Waals surface area (Å²) < 4.78 is 0.462. The molecule has 0 saturated heterocycles. The number of thioether (sulfide) groups is 1. The monoisotopic (exact) mass is 145 g/mol. The predicted molar refractivity (Wildman–Crippen MR) is 46.6 cm³/mol. The predicted octanol–water partition coefficient (Wildman–Crippen LogP) is 3.48. The van der Waals surface area contributed by atoms with Crippen molar-refractivity contribution in [2.75, 3.05) is 0 Å². The maximum Gasteiger partial charge on any atom is 0.0141 e. The third-order valence-corrected chi connectivity index (χ3v) is 2.37. The van der Waals surface area contributed by atoms with Crippen molar-refractivity contribution in [3.05, 3.63) is 5.75 Å². The van der Waals surface area contributed by atoms with Crippen LogP contribution in [0.4, 0.5) is 0 Å². The third-order valence-electron chi connectivity index (χ3n) is 1.29. The van der Waals surface area contributed by atoms with Crippen LogP contribution in [0, 0.1) is 5.75 Å². The molecule has 55 valence electrons. The maximum atomic E-state index is 2.29. The molecule has 0 fully saturated rings. The first-order valence-electron chi connectivity index (χ1n) is 3.58. The van der Waals surface area contributed by atoms with Gasteiger partial charge in [-0.05, 0) is 6.42 Å². The van der Waals surface area contributed by atoms with Crippen molar-refractivity contribution in [1.82, 2.24) is 0 Å². The van der Waals surface area contributed by atoms with Gasteiger partial charge < -0.3 is 0 Å². The summed E-state index contributed by atoms with van der Waals surface area (Å²) in [4.78, 5) is 0. The second-order valence-electron chi connectivity index (χ2n) is 2.86. The van der Waals surface area contributed by atoms with E-state index >= 15 is 0 Å². The molecule has 0 aromatic heterocycles. The van der Waals surface area contributed by atoms with E-state index in [1.807, 2.05) is 11.8 Å². The van der Waals surface area contributed by atoms with Gasteiger partial charge in [0.25, 0.3) is 0 Å². The van der Waals surface area contributed by atoms with Crippen molar-refractivity contribution in [3.8, 4) is 0 Å². The minimum absolute atomic E-state index is 0.462. The van der Waals surface area contributed by atoms with Crippen molar-refractivity contribution in [3.63, 3.8) is 0 Å². The Morgan fingerprint density at radius 1 is 1.44 bits per heavy atom. The molecule has 0 amide bonds. The minimum Gasteiger partial charge on any atom is -0.151 e. The summed E-state index contributed by atoms with van der Waals surface area (Å²) >= 11 is 1.93. The van der Waals surface area contributed by atoms with Crippen molar-refractivity contribution < 1.29 is 0 Å². The van der Waals surface area contributed by atoms with Gasteiger partial charge in [0.1, 0.15) is 0 Å². The molecule has 0 atom stereocenters. The van der Waals surface area contributed by atoms with Crippen LogP contribution in [0.25, 0.3) is 0 Å². The summed E-state index contributed by atoms with van der Waals surface area (Å²) in [5.74, 6) is 2.18. The lowest BCUT2D eigenvalue weighted by Crippen LogP contribution is -2.12. The average molecular weight is 145 g/mol. The standard InChI is InChI=1S/C8H17S/c1-5-7-8(3,4)9-6-2/h6H,5,7H2,1-4H3. The van der Waals surface area contributed by atoms with Gasteiger partial charge in [0.15, 0.2) is 0 Å². The molecule has 0 aliphatic carbocycles. The molecule has 0 aromatic carbocycles. The van der Waals surface area contributed by atoms with Crippen LogP contribution < -0.4 is 0 Å². The van der Waals surface area contributed by atoms with Crippen LogP contribution in [0.2, 0.25) is 0 Å². The normalized spacial score (nSPS) is 12.0. The van der Waals surface area contributed by atoms with Gasteiger partial charge in [-0.2, -0.15) is 11.8 Å². The molecule has 0 saturated carbocycles. The number of hydrogen-bond donors (Lipinski definition) is 0. The molecule has 0 aliphatic rings. The fourth-order valence-electron chi connectivity index (χ4n) is 0.980. The van der Waals surface area contributed by atoms with E-state index < -0.39 is 0 Å². The van der Waals surface area contributed by atoms with Crippen LogP contribution in [0.1, 0.15) is 40.5 Å². The van der Waals surface area contributed by atoms with Crippen LogP contribution >= 0.6 is 11.8 Å². The van der Waals surface area contributed by atoms with Gasteiger partial charge >= 0.3 is 0 Å². The SMILES string of the molecule is C[CH]SC(C)(C)CCC. The van der Waals surface area contributed by atoms with Crippen molar-refractivity contribution >= 4 is 11.8 Å². The Morgan fingerprint density at radius 3 is 2.33 bits per heavy atom. The molecule has 0 aromatic rings. The molecule has 0 spiro atoms. The Morgan fingerprint density at radius 2 is 2.00 bits per heavy atom. The Bertz CT molecular complexity index is 59.0. The molecule has 0 rings (SSSR count). The fraction of sp³-hybridized carbons (Fsp3) is 0.875. The van der Waals surface area contributed by atoms with Gasteiger partial charge in [0.2, 0.25) is 0 Å². The summed E-state index contributed by atoms with van der Waals surface area (Å²) in [6, 6.07) is 0. The molecular formula is C8H17S. The molecule has 9 heavy (non-hydrogen) atoms. The first kappa shape index (κ1) is 9.35. The minimum atomic E-state index is 0.462. The van der Waals surface area contributed by atoms with Crippen LogP contribution in [0.15, 0.2) is 0 Å².